The van der Waals surface area contributed by atoms with Gasteiger partial charge in [-0.3, -0.25) is 9.69 Å². The highest BCUT2D eigenvalue weighted by atomic mass is 16.5. The number of benzene rings is 1. The second-order valence-corrected chi connectivity index (χ2v) is 5.69. The normalized spacial score (nSPS) is 17.1. The summed E-state index contributed by atoms with van der Waals surface area (Å²) in [4.78, 5) is 16.7. The molecular weight excluding hydrogens is 278 g/mol. The average molecular weight is 305 g/mol. The summed E-state index contributed by atoms with van der Waals surface area (Å²) < 4.78 is 5.19. The molecule has 5 heteroatoms. The maximum atomic E-state index is 12.0. The quantitative estimate of drug-likeness (QED) is 0.869. The first-order chi connectivity index (χ1) is 10.7. The van der Waals surface area contributed by atoms with Gasteiger partial charge in [0.15, 0.2) is 0 Å². The van der Waals surface area contributed by atoms with Gasteiger partial charge in [0.1, 0.15) is 5.75 Å². The molecule has 0 saturated carbocycles. The number of hydrogen-bond donors (Lipinski definition) is 1. The number of nitrogens with one attached hydrogen (secondary N) is 1. The van der Waals surface area contributed by atoms with E-state index in [1.165, 1.54) is 5.69 Å². The first-order valence-corrected chi connectivity index (χ1v) is 8.06. The summed E-state index contributed by atoms with van der Waals surface area (Å²) in [6, 6.07) is 8.10. The number of ether oxygens (including phenoxy) is 1. The van der Waals surface area contributed by atoms with Crippen molar-refractivity contribution < 1.29 is 9.53 Å². The second-order valence-electron chi connectivity index (χ2n) is 5.69. The van der Waals surface area contributed by atoms with E-state index in [4.69, 9.17) is 4.74 Å². The van der Waals surface area contributed by atoms with Gasteiger partial charge in [-0.2, -0.15) is 0 Å². The maximum Gasteiger partial charge on any atom is 0.237 e. The summed E-state index contributed by atoms with van der Waals surface area (Å²) in [5.74, 6) is 1.02. The lowest BCUT2D eigenvalue weighted by Gasteiger charge is -2.38. The molecule has 1 saturated heterocycles. The minimum absolute atomic E-state index is 0.0513. The van der Waals surface area contributed by atoms with E-state index in [1.807, 2.05) is 19.1 Å². The van der Waals surface area contributed by atoms with E-state index < -0.39 is 0 Å². The highest BCUT2D eigenvalue weighted by Crippen LogP contribution is 2.21. The fraction of sp³-hybridized carbons (Fsp3) is 0.588. The van der Waals surface area contributed by atoms with Crippen molar-refractivity contribution in [2.75, 3.05) is 44.7 Å². The van der Waals surface area contributed by atoms with Crippen molar-refractivity contribution in [3.05, 3.63) is 24.3 Å². The Bertz CT molecular complexity index is 467. The number of rotatable bonds is 6. The molecule has 2 rings (SSSR count). The molecule has 22 heavy (non-hydrogen) atoms. The molecule has 1 atom stereocenters. The van der Waals surface area contributed by atoms with Gasteiger partial charge in [-0.25, -0.2) is 0 Å². The Hall–Kier alpha value is -1.75. The summed E-state index contributed by atoms with van der Waals surface area (Å²) >= 11 is 0. The Balaban J connectivity index is 1.85. The van der Waals surface area contributed by atoms with Crippen molar-refractivity contribution in [2.45, 2.75) is 26.3 Å². The zero-order valence-electron chi connectivity index (χ0n) is 13.8. The molecule has 1 fully saturated rings. The van der Waals surface area contributed by atoms with Crippen LogP contribution in [0.25, 0.3) is 0 Å². The number of carbonyl (C=O) groups is 1. The van der Waals surface area contributed by atoms with Crippen LogP contribution in [0.2, 0.25) is 0 Å². The molecule has 1 amide bonds. The second kappa shape index (κ2) is 8.03. The average Bonchev–Trinajstić information content (AvgIpc) is 2.59. The van der Waals surface area contributed by atoms with Crippen LogP contribution in [0.5, 0.6) is 5.75 Å². The molecule has 0 spiro atoms. The van der Waals surface area contributed by atoms with E-state index >= 15 is 0 Å². The highest BCUT2D eigenvalue weighted by Gasteiger charge is 2.25. The number of methoxy groups -OCH3 is 1. The van der Waals surface area contributed by atoms with Crippen molar-refractivity contribution in [3.8, 4) is 5.75 Å². The molecule has 1 heterocycles. The van der Waals surface area contributed by atoms with Crippen molar-refractivity contribution >= 4 is 11.6 Å². The third-order valence-electron chi connectivity index (χ3n) is 4.23. The summed E-state index contributed by atoms with van der Waals surface area (Å²) in [6.45, 7) is 8.52. The van der Waals surface area contributed by atoms with Gasteiger partial charge in [0.05, 0.1) is 13.2 Å². The highest BCUT2D eigenvalue weighted by molar-refractivity contribution is 5.81. The summed E-state index contributed by atoms with van der Waals surface area (Å²) in [5, 5.41) is 2.98. The largest absolute Gasteiger partial charge is 0.497 e. The van der Waals surface area contributed by atoms with Crippen LogP contribution in [0.3, 0.4) is 0 Å². The molecular formula is C17H27N3O2. The number of piperazine rings is 1. The predicted molar refractivity (Wildman–Crippen MR) is 89.5 cm³/mol. The van der Waals surface area contributed by atoms with Gasteiger partial charge in [0.2, 0.25) is 5.91 Å². The first-order valence-electron chi connectivity index (χ1n) is 8.06. The van der Waals surface area contributed by atoms with Crippen LogP contribution in [-0.2, 0) is 4.79 Å². The number of hydrogen-bond acceptors (Lipinski definition) is 4. The van der Waals surface area contributed by atoms with Gasteiger partial charge in [-0.15, -0.1) is 0 Å². The van der Waals surface area contributed by atoms with Crippen molar-refractivity contribution in [2.24, 2.45) is 0 Å². The zero-order chi connectivity index (χ0) is 15.9. The topological polar surface area (TPSA) is 44.8 Å². The molecule has 0 aromatic heterocycles. The molecule has 122 valence electrons. The lowest BCUT2D eigenvalue weighted by Crippen LogP contribution is -2.54. The van der Waals surface area contributed by atoms with E-state index in [9.17, 15) is 4.79 Å². The molecule has 1 N–H and O–H groups in total. The van der Waals surface area contributed by atoms with Crippen LogP contribution in [0.15, 0.2) is 24.3 Å². The van der Waals surface area contributed by atoms with Crippen LogP contribution in [0.4, 0.5) is 5.69 Å². The van der Waals surface area contributed by atoms with E-state index in [2.05, 4.69) is 34.2 Å². The number of nitrogens with zero attached hydrogens (tertiary/aromatic N) is 2. The Labute approximate surface area is 133 Å². The van der Waals surface area contributed by atoms with Crippen molar-refractivity contribution in [1.82, 2.24) is 10.2 Å². The lowest BCUT2D eigenvalue weighted by molar-refractivity contribution is -0.126. The molecule has 0 unspecified atom stereocenters. The van der Waals surface area contributed by atoms with Gasteiger partial charge in [-0.05, 0) is 37.6 Å². The smallest absolute Gasteiger partial charge is 0.237 e. The fourth-order valence-electron chi connectivity index (χ4n) is 2.72. The van der Waals surface area contributed by atoms with Gasteiger partial charge in [0, 0.05) is 38.4 Å². The van der Waals surface area contributed by atoms with E-state index in [1.54, 1.807) is 7.11 Å². The molecule has 0 aliphatic carbocycles. The van der Waals surface area contributed by atoms with Crippen molar-refractivity contribution in [3.63, 3.8) is 0 Å². The Morgan fingerprint density at radius 1 is 1.23 bits per heavy atom. The van der Waals surface area contributed by atoms with Gasteiger partial charge in [-0.1, -0.05) is 6.92 Å². The molecule has 0 radical (unpaired) electrons. The molecule has 1 aliphatic rings. The minimum Gasteiger partial charge on any atom is -0.497 e. The predicted octanol–water partition coefficient (Wildman–Crippen LogP) is 1.73. The van der Waals surface area contributed by atoms with Crippen LogP contribution in [-0.4, -0.2) is 56.7 Å². The number of anilines is 1. The summed E-state index contributed by atoms with van der Waals surface area (Å²) in [6.07, 6.45) is 0.976. The van der Waals surface area contributed by atoms with Gasteiger partial charge in [0.25, 0.3) is 0 Å². The van der Waals surface area contributed by atoms with E-state index in [0.29, 0.717) is 0 Å². The van der Waals surface area contributed by atoms with E-state index in [-0.39, 0.29) is 11.9 Å². The van der Waals surface area contributed by atoms with Crippen LogP contribution in [0, 0.1) is 0 Å². The third-order valence-corrected chi connectivity index (χ3v) is 4.23. The first kappa shape index (κ1) is 16.6. The van der Waals surface area contributed by atoms with Gasteiger partial charge >= 0.3 is 0 Å². The maximum absolute atomic E-state index is 12.0. The molecule has 5 nitrogen and oxygen atoms in total. The number of carbonyl (C=O) groups excluding carboxylic acids is 1. The summed E-state index contributed by atoms with van der Waals surface area (Å²) in [5.41, 5.74) is 1.21. The Kier molecular flexibility index (Phi) is 6.07. The lowest BCUT2D eigenvalue weighted by atomic mass is 10.2. The Morgan fingerprint density at radius 3 is 2.41 bits per heavy atom. The standard InChI is InChI=1S/C17H27N3O2/c1-4-9-18-17(21)14(2)19-10-12-20(13-11-19)15-5-7-16(22-3)8-6-15/h5-8,14H,4,9-13H2,1-3H3,(H,18,21)/t14-/m0/s1. The number of amides is 1. The van der Waals surface area contributed by atoms with Crippen LogP contribution >= 0.6 is 0 Å². The minimum atomic E-state index is -0.0513. The monoisotopic (exact) mass is 305 g/mol. The van der Waals surface area contributed by atoms with Crippen LogP contribution < -0.4 is 15.0 Å². The molecule has 1 aromatic carbocycles. The molecule has 0 bridgehead atoms. The molecule has 1 aliphatic heterocycles. The SMILES string of the molecule is CCCNC(=O)[C@H](C)N1CCN(c2ccc(OC)cc2)CC1. The zero-order valence-corrected chi connectivity index (χ0v) is 13.8. The Morgan fingerprint density at radius 2 is 1.86 bits per heavy atom. The molecule has 1 aromatic rings. The van der Waals surface area contributed by atoms with Gasteiger partial charge < -0.3 is 15.0 Å². The fourth-order valence-corrected chi connectivity index (χ4v) is 2.72. The van der Waals surface area contributed by atoms with Crippen molar-refractivity contribution in [1.29, 1.82) is 0 Å². The third kappa shape index (κ3) is 4.13. The van der Waals surface area contributed by atoms with Crippen LogP contribution in [0.1, 0.15) is 20.3 Å². The van der Waals surface area contributed by atoms with E-state index in [0.717, 1.165) is 44.9 Å². The summed E-state index contributed by atoms with van der Waals surface area (Å²) in [7, 11) is 1.68.